The molecule has 0 aliphatic heterocycles. The summed E-state index contributed by atoms with van der Waals surface area (Å²) in [5.41, 5.74) is 1.98. The van der Waals surface area contributed by atoms with Crippen LogP contribution in [0.5, 0.6) is 5.75 Å². The van der Waals surface area contributed by atoms with Gasteiger partial charge in [0.25, 0.3) is 11.5 Å². The van der Waals surface area contributed by atoms with Crippen molar-refractivity contribution in [3.05, 3.63) is 76.6 Å². The Hall–Kier alpha value is -4.47. The van der Waals surface area contributed by atoms with Gasteiger partial charge in [-0.15, -0.1) is 0 Å². The molecule has 2 aromatic carbocycles. The summed E-state index contributed by atoms with van der Waals surface area (Å²) in [5.74, 6) is -0.0836. The summed E-state index contributed by atoms with van der Waals surface area (Å²) in [6, 6.07) is 16.0. The SMILES string of the molecule is CCOc1ccc(-c2ccc(=O)n(C(C)C(=O)NCCNC(=O)c3ccc(NC(=O)CC)cc3)n2)cc1. The third kappa shape index (κ3) is 7.50. The number of nitrogens with one attached hydrogen (secondary N) is 3. The summed E-state index contributed by atoms with van der Waals surface area (Å²) in [6.45, 7) is 6.18. The van der Waals surface area contributed by atoms with E-state index in [0.717, 1.165) is 16.0 Å². The molecule has 1 aromatic heterocycles. The van der Waals surface area contributed by atoms with E-state index in [1.165, 1.54) is 6.07 Å². The van der Waals surface area contributed by atoms with Crippen LogP contribution in [0.1, 0.15) is 43.6 Å². The Morgan fingerprint density at radius 1 is 0.919 bits per heavy atom. The lowest BCUT2D eigenvalue weighted by molar-refractivity contribution is -0.124. The molecule has 3 N–H and O–H groups in total. The lowest BCUT2D eigenvalue weighted by atomic mass is 10.1. The number of benzene rings is 2. The van der Waals surface area contributed by atoms with E-state index < -0.39 is 17.5 Å². The molecule has 0 saturated heterocycles. The fourth-order valence-electron chi connectivity index (χ4n) is 3.42. The zero-order valence-corrected chi connectivity index (χ0v) is 21.1. The van der Waals surface area contributed by atoms with Crippen molar-refractivity contribution < 1.29 is 19.1 Å². The van der Waals surface area contributed by atoms with E-state index in [1.807, 2.05) is 31.2 Å². The predicted molar refractivity (Wildman–Crippen MR) is 141 cm³/mol. The van der Waals surface area contributed by atoms with Crippen molar-refractivity contribution in [1.29, 1.82) is 0 Å². The van der Waals surface area contributed by atoms with E-state index in [9.17, 15) is 19.2 Å². The van der Waals surface area contributed by atoms with Gasteiger partial charge in [0.1, 0.15) is 11.8 Å². The number of aromatic nitrogens is 2. The van der Waals surface area contributed by atoms with Gasteiger partial charge < -0.3 is 20.7 Å². The second-order valence-electron chi connectivity index (χ2n) is 8.16. The van der Waals surface area contributed by atoms with Gasteiger partial charge in [-0.2, -0.15) is 5.10 Å². The van der Waals surface area contributed by atoms with Crippen molar-refractivity contribution in [1.82, 2.24) is 20.4 Å². The highest BCUT2D eigenvalue weighted by molar-refractivity contribution is 5.95. The lowest BCUT2D eigenvalue weighted by Crippen LogP contribution is -2.40. The number of ether oxygens (including phenoxy) is 1. The fraction of sp³-hybridized carbons (Fsp3) is 0.296. The van der Waals surface area contributed by atoms with E-state index in [0.29, 0.717) is 30.0 Å². The largest absolute Gasteiger partial charge is 0.494 e. The molecule has 1 unspecified atom stereocenters. The average Bonchev–Trinajstić information content (AvgIpc) is 2.91. The highest BCUT2D eigenvalue weighted by Crippen LogP contribution is 2.20. The van der Waals surface area contributed by atoms with Crippen LogP contribution in [0.15, 0.2) is 65.5 Å². The monoisotopic (exact) mass is 505 g/mol. The molecule has 0 radical (unpaired) electrons. The molecule has 194 valence electrons. The number of nitrogens with zero attached hydrogens (tertiary/aromatic N) is 2. The van der Waals surface area contributed by atoms with Crippen molar-refractivity contribution in [2.45, 2.75) is 33.2 Å². The van der Waals surface area contributed by atoms with Crippen molar-refractivity contribution in [2.24, 2.45) is 0 Å². The molecular formula is C27H31N5O5. The molecule has 3 rings (SSSR count). The Morgan fingerprint density at radius 3 is 2.24 bits per heavy atom. The van der Waals surface area contributed by atoms with Crippen molar-refractivity contribution in [3.63, 3.8) is 0 Å². The first-order chi connectivity index (χ1) is 17.8. The van der Waals surface area contributed by atoms with E-state index in [4.69, 9.17) is 4.74 Å². The highest BCUT2D eigenvalue weighted by Gasteiger charge is 2.18. The normalized spacial score (nSPS) is 11.3. The Kier molecular flexibility index (Phi) is 9.54. The number of carbonyl (C=O) groups excluding carboxylic acids is 3. The predicted octanol–water partition coefficient (Wildman–Crippen LogP) is 2.76. The molecule has 0 saturated carbocycles. The third-order valence-corrected chi connectivity index (χ3v) is 5.49. The quantitative estimate of drug-likeness (QED) is 0.344. The molecular weight excluding hydrogens is 474 g/mol. The van der Waals surface area contributed by atoms with Crippen LogP contribution < -0.4 is 26.2 Å². The van der Waals surface area contributed by atoms with Crippen molar-refractivity contribution >= 4 is 23.4 Å². The Bertz CT molecular complexity index is 1290. The summed E-state index contributed by atoms with van der Waals surface area (Å²) in [6.07, 6.45) is 0.367. The summed E-state index contributed by atoms with van der Waals surface area (Å²) in [7, 11) is 0. The van der Waals surface area contributed by atoms with Crippen LogP contribution in [0.4, 0.5) is 5.69 Å². The highest BCUT2D eigenvalue weighted by atomic mass is 16.5. The second-order valence-corrected chi connectivity index (χ2v) is 8.16. The van der Waals surface area contributed by atoms with Gasteiger partial charge in [-0.25, -0.2) is 4.68 Å². The van der Waals surface area contributed by atoms with Crippen LogP contribution in [-0.4, -0.2) is 47.2 Å². The molecule has 0 fully saturated rings. The molecule has 0 spiro atoms. The van der Waals surface area contributed by atoms with Crippen LogP contribution in [-0.2, 0) is 9.59 Å². The van der Waals surface area contributed by atoms with Crippen molar-refractivity contribution in [2.75, 3.05) is 25.0 Å². The Morgan fingerprint density at radius 2 is 1.59 bits per heavy atom. The molecule has 10 nitrogen and oxygen atoms in total. The van der Waals surface area contributed by atoms with Crippen molar-refractivity contribution in [3.8, 4) is 17.0 Å². The first-order valence-corrected chi connectivity index (χ1v) is 12.1. The van der Waals surface area contributed by atoms with Crippen LogP contribution in [0.3, 0.4) is 0 Å². The maximum absolute atomic E-state index is 12.7. The van der Waals surface area contributed by atoms with Gasteiger partial charge in [0.2, 0.25) is 11.8 Å². The van der Waals surface area contributed by atoms with Crippen LogP contribution >= 0.6 is 0 Å². The second kappa shape index (κ2) is 13.0. The van der Waals surface area contributed by atoms with Crippen LogP contribution in [0, 0.1) is 0 Å². The van der Waals surface area contributed by atoms with E-state index >= 15 is 0 Å². The Balaban J connectivity index is 1.53. The number of hydrogen-bond donors (Lipinski definition) is 3. The minimum atomic E-state index is -0.850. The van der Waals surface area contributed by atoms with Crippen LogP contribution in [0.25, 0.3) is 11.3 Å². The summed E-state index contributed by atoms with van der Waals surface area (Å²) in [4.78, 5) is 48.8. The topological polar surface area (TPSA) is 131 Å². The lowest BCUT2D eigenvalue weighted by Gasteiger charge is -2.15. The standard InChI is InChI=1S/C27H31N5O5/c1-4-24(33)30-21-10-6-20(7-11-21)27(36)29-17-16-28-26(35)18(3)32-25(34)15-14-23(31-32)19-8-12-22(13-9-19)37-5-2/h6-15,18H,4-5,16-17H2,1-3H3,(H,28,35)(H,29,36)(H,30,33). The maximum atomic E-state index is 12.7. The van der Waals surface area contributed by atoms with Gasteiger partial charge in [0.15, 0.2) is 0 Å². The molecule has 0 aliphatic rings. The van der Waals surface area contributed by atoms with Crippen LogP contribution in [0.2, 0.25) is 0 Å². The number of anilines is 1. The summed E-state index contributed by atoms with van der Waals surface area (Å²) >= 11 is 0. The molecule has 1 atom stereocenters. The number of rotatable bonds is 11. The number of amides is 3. The maximum Gasteiger partial charge on any atom is 0.267 e. The summed E-state index contributed by atoms with van der Waals surface area (Å²) in [5, 5.41) is 12.5. The molecule has 3 aromatic rings. The summed E-state index contributed by atoms with van der Waals surface area (Å²) < 4.78 is 6.59. The smallest absolute Gasteiger partial charge is 0.267 e. The first-order valence-electron chi connectivity index (χ1n) is 12.1. The van der Waals surface area contributed by atoms with E-state index in [-0.39, 0.29) is 24.9 Å². The van der Waals surface area contributed by atoms with Gasteiger partial charge in [-0.3, -0.25) is 19.2 Å². The van der Waals surface area contributed by atoms with Gasteiger partial charge in [-0.05, 0) is 68.4 Å². The molecule has 0 aliphatic carbocycles. The number of carbonyl (C=O) groups is 3. The van der Waals surface area contributed by atoms with Gasteiger partial charge in [0.05, 0.1) is 12.3 Å². The molecule has 3 amide bonds. The molecule has 10 heteroatoms. The fourth-order valence-corrected chi connectivity index (χ4v) is 3.42. The molecule has 0 bridgehead atoms. The molecule has 37 heavy (non-hydrogen) atoms. The minimum absolute atomic E-state index is 0.109. The van der Waals surface area contributed by atoms with E-state index in [2.05, 4.69) is 21.0 Å². The average molecular weight is 506 g/mol. The zero-order chi connectivity index (χ0) is 26.8. The van der Waals surface area contributed by atoms with E-state index in [1.54, 1.807) is 44.2 Å². The number of hydrogen-bond acceptors (Lipinski definition) is 6. The zero-order valence-electron chi connectivity index (χ0n) is 21.1. The van der Waals surface area contributed by atoms with Gasteiger partial charge >= 0.3 is 0 Å². The Labute approximate surface area is 215 Å². The third-order valence-electron chi connectivity index (χ3n) is 5.49. The minimum Gasteiger partial charge on any atom is -0.494 e. The first kappa shape index (κ1) is 27.1. The molecule has 1 heterocycles. The van der Waals surface area contributed by atoms with Gasteiger partial charge in [0, 0.05) is 42.4 Å². The van der Waals surface area contributed by atoms with Gasteiger partial charge in [-0.1, -0.05) is 6.92 Å².